The van der Waals surface area contributed by atoms with Crippen LogP contribution in [0, 0.1) is 0 Å². The monoisotopic (exact) mass is 358 g/mol. The fourth-order valence-electron chi connectivity index (χ4n) is 2.91. The Balaban J connectivity index is 1.72. The van der Waals surface area contributed by atoms with Gasteiger partial charge >= 0.3 is 0 Å². The first kappa shape index (κ1) is 17.8. The molecule has 0 spiro atoms. The molecule has 0 amide bonds. The Morgan fingerprint density at radius 2 is 2.36 bits per heavy atom. The summed E-state index contributed by atoms with van der Waals surface area (Å²) in [5.74, 6) is 2.98. The Hall–Kier alpha value is -2.02. The molecule has 7 heteroatoms. The molecule has 1 unspecified atom stereocenters. The van der Waals surface area contributed by atoms with Crippen LogP contribution in [0.3, 0.4) is 0 Å². The van der Waals surface area contributed by atoms with Crippen LogP contribution in [0.25, 0.3) is 11.4 Å². The van der Waals surface area contributed by atoms with E-state index in [9.17, 15) is 0 Å². The molecule has 0 saturated carbocycles. The highest BCUT2D eigenvalue weighted by molar-refractivity contribution is 8.00. The minimum atomic E-state index is 0.657. The first-order valence-corrected chi connectivity index (χ1v) is 9.94. The van der Waals surface area contributed by atoms with Crippen molar-refractivity contribution in [1.82, 2.24) is 25.4 Å². The van der Waals surface area contributed by atoms with Crippen molar-refractivity contribution in [2.24, 2.45) is 4.99 Å². The Bertz CT molecular complexity index is 685. The summed E-state index contributed by atoms with van der Waals surface area (Å²) in [6.07, 6.45) is 2.74. The second kappa shape index (κ2) is 8.89. The van der Waals surface area contributed by atoms with Gasteiger partial charge in [0, 0.05) is 36.2 Å². The number of rotatable bonds is 5. The Morgan fingerprint density at radius 1 is 1.44 bits per heavy atom. The normalized spacial score (nSPS) is 18.4. The fraction of sp³-hybridized carbons (Fsp3) is 0.500. The van der Waals surface area contributed by atoms with Crippen molar-refractivity contribution >= 4 is 17.7 Å². The number of hydrogen-bond donors (Lipinski definition) is 2. The smallest absolute Gasteiger partial charge is 0.194 e. The van der Waals surface area contributed by atoms with E-state index in [2.05, 4.69) is 63.1 Å². The fourth-order valence-corrected chi connectivity index (χ4v) is 4.09. The molecule has 3 rings (SSSR count). The number of benzene rings is 1. The third-order valence-electron chi connectivity index (χ3n) is 4.26. The van der Waals surface area contributed by atoms with Crippen LogP contribution in [0.5, 0.6) is 0 Å². The van der Waals surface area contributed by atoms with Gasteiger partial charge in [0.05, 0.1) is 6.54 Å². The summed E-state index contributed by atoms with van der Waals surface area (Å²) in [6, 6.07) is 8.30. The number of aromatic nitrogens is 3. The summed E-state index contributed by atoms with van der Waals surface area (Å²) in [4.78, 5) is 11.5. The number of thioether (sulfide) groups is 1. The lowest BCUT2D eigenvalue weighted by Crippen LogP contribution is -2.48. The summed E-state index contributed by atoms with van der Waals surface area (Å²) in [5.41, 5.74) is 2.21. The molecule has 25 heavy (non-hydrogen) atoms. The predicted molar refractivity (Wildman–Crippen MR) is 105 cm³/mol. The molecule has 1 aliphatic heterocycles. The van der Waals surface area contributed by atoms with Crippen LogP contribution in [0.4, 0.5) is 0 Å². The van der Waals surface area contributed by atoms with Crippen molar-refractivity contribution in [3.05, 3.63) is 36.2 Å². The molecular formula is C18H26N6S. The first-order valence-electron chi connectivity index (χ1n) is 8.89. The van der Waals surface area contributed by atoms with Crippen molar-refractivity contribution in [3.8, 4) is 11.4 Å². The van der Waals surface area contributed by atoms with Crippen LogP contribution in [0.15, 0.2) is 35.6 Å². The molecule has 1 saturated heterocycles. The molecule has 1 aromatic carbocycles. The van der Waals surface area contributed by atoms with E-state index in [1.807, 2.05) is 12.1 Å². The molecule has 1 atom stereocenters. The van der Waals surface area contributed by atoms with Gasteiger partial charge in [-0.15, -0.1) is 0 Å². The molecule has 0 aliphatic carbocycles. The molecule has 2 N–H and O–H groups in total. The summed E-state index contributed by atoms with van der Waals surface area (Å²) < 4.78 is 0. The SMILES string of the molecule is CCNC(=NCc1cccc(-c2ncn[nH]2)c1)N1CCSC(CC)C1. The molecule has 0 bridgehead atoms. The van der Waals surface area contributed by atoms with Crippen molar-refractivity contribution in [1.29, 1.82) is 0 Å². The third-order valence-corrected chi connectivity index (χ3v) is 5.63. The second-order valence-corrected chi connectivity index (χ2v) is 7.46. The zero-order valence-corrected chi connectivity index (χ0v) is 15.7. The van der Waals surface area contributed by atoms with E-state index in [-0.39, 0.29) is 0 Å². The minimum Gasteiger partial charge on any atom is -0.357 e. The van der Waals surface area contributed by atoms with Gasteiger partial charge in [0.1, 0.15) is 6.33 Å². The molecular weight excluding hydrogens is 332 g/mol. The number of nitrogens with zero attached hydrogens (tertiary/aromatic N) is 4. The third kappa shape index (κ3) is 4.75. The number of aliphatic imine (C=N–C) groups is 1. The lowest BCUT2D eigenvalue weighted by Gasteiger charge is -2.34. The number of guanidine groups is 1. The van der Waals surface area contributed by atoms with Crippen LogP contribution in [0.1, 0.15) is 25.8 Å². The van der Waals surface area contributed by atoms with Crippen LogP contribution in [-0.4, -0.2) is 56.7 Å². The van der Waals surface area contributed by atoms with Gasteiger partial charge in [-0.1, -0.05) is 25.1 Å². The lowest BCUT2D eigenvalue weighted by molar-refractivity contribution is 0.408. The number of hydrogen-bond acceptors (Lipinski definition) is 4. The molecule has 0 radical (unpaired) electrons. The highest BCUT2D eigenvalue weighted by Gasteiger charge is 2.21. The molecule has 2 aromatic rings. The number of nitrogens with one attached hydrogen (secondary N) is 2. The Kier molecular flexibility index (Phi) is 6.33. The number of aromatic amines is 1. The highest BCUT2D eigenvalue weighted by atomic mass is 32.2. The summed E-state index contributed by atoms with van der Waals surface area (Å²) in [5, 5.41) is 11.0. The minimum absolute atomic E-state index is 0.657. The highest BCUT2D eigenvalue weighted by Crippen LogP contribution is 2.21. The standard InChI is InChI=1S/C18H26N6S/c1-3-16-12-24(8-9-25-16)18(19-4-2)20-11-14-6-5-7-15(10-14)17-21-13-22-23-17/h5-7,10,13,16H,3-4,8-9,11-12H2,1-2H3,(H,19,20)(H,21,22,23). The number of H-pyrrole nitrogens is 1. The Morgan fingerprint density at radius 3 is 3.12 bits per heavy atom. The van der Waals surface area contributed by atoms with E-state index in [0.717, 1.165) is 37.0 Å². The first-order chi connectivity index (χ1) is 12.3. The largest absolute Gasteiger partial charge is 0.357 e. The van der Waals surface area contributed by atoms with Gasteiger partial charge in [-0.25, -0.2) is 9.98 Å². The topological polar surface area (TPSA) is 69.2 Å². The van der Waals surface area contributed by atoms with Gasteiger partial charge < -0.3 is 10.2 Å². The van der Waals surface area contributed by atoms with Gasteiger partial charge in [0.25, 0.3) is 0 Å². The van der Waals surface area contributed by atoms with Crippen molar-refractivity contribution in [2.75, 3.05) is 25.4 Å². The van der Waals surface area contributed by atoms with E-state index in [1.165, 1.54) is 24.1 Å². The quantitative estimate of drug-likeness (QED) is 0.635. The molecule has 2 heterocycles. The van der Waals surface area contributed by atoms with Crippen molar-refractivity contribution in [3.63, 3.8) is 0 Å². The zero-order valence-electron chi connectivity index (χ0n) is 14.9. The molecule has 134 valence electrons. The van der Waals surface area contributed by atoms with Gasteiger partial charge in [0.15, 0.2) is 11.8 Å². The van der Waals surface area contributed by atoms with E-state index < -0.39 is 0 Å². The van der Waals surface area contributed by atoms with Crippen LogP contribution in [0.2, 0.25) is 0 Å². The maximum absolute atomic E-state index is 4.87. The van der Waals surface area contributed by atoms with Crippen LogP contribution >= 0.6 is 11.8 Å². The van der Waals surface area contributed by atoms with E-state index in [0.29, 0.717) is 11.8 Å². The average molecular weight is 359 g/mol. The molecule has 6 nitrogen and oxygen atoms in total. The average Bonchev–Trinajstić information content (AvgIpc) is 3.20. The zero-order chi connectivity index (χ0) is 17.5. The van der Waals surface area contributed by atoms with Crippen LogP contribution < -0.4 is 5.32 Å². The van der Waals surface area contributed by atoms with Gasteiger partial charge in [-0.2, -0.15) is 16.9 Å². The van der Waals surface area contributed by atoms with Gasteiger partial charge in [-0.3, -0.25) is 5.10 Å². The van der Waals surface area contributed by atoms with E-state index >= 15 is 0 Å². The Labute approximate surface area is 153 Å². The van der Waals surface area contributed by atoms with Crippen molar-refractivity contribution in [2.45, 2.75) is 32.1 Å². The summed E-state index contributed by atoms with van der Waals surface area (Å²) >= 11 is 2.08. The van der Waals surface area contributed by atoms with Gasteiger partial charge in [-0.05, 0) is 25.0 Å². The molecule has 1 aliphatic rings. The predicted octanol–water partition coefficient (Wildman–Crippen LogP) is 2.76. The maximum atomic E-state index is 4.87. The van der Waals surface area contributed by atoms with Crippen LogP contribution in [-0.2, 0) is 6.54 Å². The molecule has 1 fully saturated rings. The lowest BCUT2D eigenvalue weighted by atomic mass is 10.1. The maximum Gasteiger partial charge on any atom is 0.194 e. The van der Waals surface area contributed by atoms with Gasteiger partial charge in [0.2, 0.25) is 0 Å². The summed E-state index contributed by atoms with van der Waals surface area (Å²) in [6.45, 7) is 8.06. The van der Waals surface area contributed by atoms with Crippen molar-refractivity contribution < 1.29 is 0 Å². The second-order valence-electron chi connectivity index (χ2n) is 6.05. The molecule has 1 aromatic heterocycles. The van der Waals surface area contributed by atoms with E-state index in [4.69, 9.17) is 4.99 Å². The van der Waals surface area contributed by atoms with E-state index in [1.54, 1.807) is 0 Å². The summed E-state index contributed by atoms with van der Waals surface area (Å²) in [7, 11) is 0.